The van der Waals surface area contributed by atoms with Gasteiger partial charge in [-0.2, -0.15) is 0 Å². The maximum absolute atomic E-state index is 13.1. The molecule has 0 saturated heterocycles. The summed E-state index contributed by atoms with van der Waals surface area (Å²) < 4.78 is 12.2. The minimum atomic E-state index is -0.137. The quantitative estimate of drug-likeness (QED) is 0.331. The van der Waals surface area contributed by atoms with Crippen LogP contribution in [0.5, 0.6) is 11.5 Å². The van der Waals surface area contributed by atoms with Crippen molar-refractivity contribution in [2.75, 3.05) is 0 Å². The van der Waals surface area contributed by atoms with Gasteiger partial charge in [-0.3, -0.25) is 4.79 Å². The van der Waals surface area contributed by atoms with Crippen LogP contribution in [0.15, 0.2) is 78.9 Å². The van der Waals surface area contributed by atoms with Crippen LogP contribution in [0.1, 0.15) is 61.0 Å². The van der Waals surface area contributed by atoms with Gasteiger partial charge in [0.25, 0.3) is 5.91 Å². The van der Waals surface area contributed by atoms with Crippen molar-refractivity contribution in [2.24, 2.45) is 0 Å². The molecule has 0 bridgehead atoms. The van der Waals surface area contributed by atoms with Crippen molar-refractivity contribution < 1.29 is 14.3 Å². The van der Waals surface area contributed by atoms with E-state index < -0.39 is 0 Å². The molecule has 1 N–H and O–H groups in total. The summed E-state index contributed by atoms with van der Waals surface area (Å²) in [6.45, 7) is 4.99. The number of para-hydroxylation sites is 1. The lowest BCUT2D eigenvalue weighted by Crippen LogP contribution is -2.32. The van der Waals surface area contributed by atoms with E-state index in [0.29, 0.717) is 30.3 Å². The van der Waals surface area contributed by atoms with Gasteiger partial charge in [-0.05, 0) is 36.6 Å². The molecule has 32 heavy (non-hydrogen) atoms. The second-order valence-corrected chi connectivity index (χ2v) is 8.05. The first-order valence-corrected chi connectivity index (χ1v) is 11.4. The highest BCUT2D eigenvalue weighted by Crippen LogP contribution is 2.33. The van der Waals surface area contributed by atoms with Crippen LogP contribution in [0.25, 0.3) is 0 Å². The molecule has 4 nitrogen and oxygen atoms in total. The predicted octanol–water partition coefficient (Wildman–Crippen LogP) is 6.54. The number of ether oxygens (including phenoxy) is 2. The normalized spacial score (nSPS) is 11.6. The van der Waals surface area contributed by atoms with Gasteiger partial charge >= 0.3 is 0 Å². The van der Waals surface area contributed by atoms with Gasteiger partial charge in [-0.15, -0.1) is 0 Å². The molecule has 0 aliphatic rings. The maximum atomic E-state index is 13.1. The van der Waals surface area contributed by atoms with Crippen molar-refractivity contribution in [3.63, 3.8) is 0 Å². The zero-order valence-corrected chi connectivity index (χ0v) is 19.1. The molecule has 168 valence electrons. The highest BCUT2D eigenvalue weighted by atomic mass is 16.5. The van der Waals surface area contributed by atoms with Crippen LogP contribution in [0.4, 0.5) is 0 Å². The Morgan fingerprint density at radius 2 is 1.44 bits per heavy atom. The molecule has 0 fully saturated rings. The second kappa shape index (κ2) is 12.6. The summed E-state index contributed by atoms with van der Waals surface area (Å²) in [5.74, 6) is 0.906. The highest BCUT2D eigenvalue weighted by Gasteiger charge is 2.19. The van der Waals surface area contributed by atoms with Crippen LogP contribution >= 0.6 is 0 Å². The Morgan fingerprint density at radius 1 is 0.812 bits per heavy atom. The standard InChI is InChI=1S/C28H33NO3/c1-3-4-7-13-22(2)29-28(30)25-18-12-19-26(31-20-23-14-8-5-9-15-23)27(25)32-21-24-16-10-6-11-17-24/h5-6,8-12,14-19,22H,3-4,7,13,20-21H2,1-2H3,(H,29,30). The number of unbranched alkanes of at least 4 members (excludes halogenated alkanes) is 2. The Hall–Kier alpha value is -3.27. The van der Waals surface area contributed by atoms with E-state index in [4.69, 9.17) is 9.47 Å². The lowest BCUT2D eigenvalue weighted by molar-refractivity contribution is 0.0932. The predicted molar refractivity (Wildman–Crippen MR) is 129 cm³/mol. The molecule has 0 aromatic heterocycles. The average Bonchev–Trinajstić information content (AvgIpc) is 2.83. The summed E-state index contributed by atoms with van der Waals surface area (Å²) >= 11 is 0. The molecule has 4 heteroatoms. The van der Waals surface area contributed by atoms with Gasteiger partial charge in [-0.25, -0.2) is 0 Å². The van der Waals surface area contributed by atoms with E-state index >= 15 is 0 Å². The fourth-order valence-corrected chi connectivity index (χ4v) is 3.50. The lowest BCUT2D eigenvalue weighted by Gasteiger charge is -2.18. The van der Waals surface area contributed by atoms with Gasteiger partial charge in [0.2, 0.25) is 0 Å². The fraction of sp³-hybridized carbons (Fsp3) is 0.321. The SMILES string of the molecule is CCCCCC(C)NC(=O)c1cccc(OCc2ccccc2)c1OCc1ccccc1. The summed E-state index contributed by atoms with van der Waals surface area (Å²) in [6.07, 6.45) is 4.41. The van der Waals surface area contributed by atoms with Gasteiger partial charge < -0.3 is 14.8 Å². The third-order valence-electron chi connectivity index (χ3n) is 5.30. The third-order valence-corrected chi connectivity index (χ3v) is 5.30. The molecule has 0 spiro atoms. The summed E-state index contributed by atoms with van der Waals surface area (Å²) in [4.78, 5) is 13.1. The zero-order valence-electron chi connectivity index (χ0n) is 19.1. The van der Waals surface area contributed by atoms with Crippen LogP contribution in [0, 0.1) is 0 Å². The molecule has 3 rings (SSSR count). The molecule has 0 saturated carbocycles. The first-order valence-electron chi connectivity index (χ1n) is 11.4. The van der Waals surface area contributed by atoms with Crippen molar-refractivity contribution in [3.8, 4) is 11.5 Å². The van der Waals surface area contributed by atoms with E-state index in [1.54, 1.807) is 6.07 Å². The monoisotopic (exact) mass is 431 g/mol. The first-order chi connectivity index (χ1) is 15.7. The van der Waals surface area contributed by atoms with E-state index in [0.717, 1.165) is 24.0 Å². The number of carbonyl (C=O) groups is 1. The molecule has 0 aliphatic heterocycles. The Kier molecular flexibility index (Phi) is 9.18. The van der Waals surface area contributed by atoms with Crippen molar-refractivity contribution in [1.82, 2.24) is 5.32 Å². The number of carbonyl (C=O) groups excluding carboxylic acids is 1. The van der Waals surface area contributed by atoms with Crippen molar-refractivity contribution in [1.29, 1.82) is 0 Å². The molecule has 1 unspecified atom stereocenters. The van der Waals surface area contributed by atoms with E-state index in [1.165, 1.54) is 12.8 Å². The number of hydrogen-bond donors (Lipinski definition) is 1. The topological polar surface area (TPSA) is 47.6 Å². The minimum Gasteiger partial charge on any atom is -0.485 e. The van der Waals surface area contributed by atoms with E-state index in [-0.39, 0.29) is 11.9 Å². The largest absolute Gasteiger partial charge is 0.485 e. The van der Waals surface area contributed by atoms with Crippen LogP contribution in [-0.2, 0) is 13.2 Å². The molecule has 3 aromatic rings. The van der Waals surface area contributed by atoms with Crippen LogP contribution in [0.2, 0.25) is 0 Å². The summed E-state index contributed by atoms with van der Waals surface area (Å²) in [5.41, 5.74) is 2.58. The Balaban J connectivity index is 1.78. The number of benzene rings is 3. The number of rotatable bonds is 12. The maximum Gasteiger partial charge on any atom is 0.255 e. The van der Waals surface area contributed by atoms with Gasteiger partial charge in [-0.1, -0.05) is 92.9 Å². The van der Waals surface area contributed by atoms with Gasteiger partial charge in [0.15, 0.2) is 11.5 Å². The van der Waals surface area contributed by atoms with Crippen molar-refractivity contribution >= 4 is 5.91 Å². The van der Waals surface area contributed by atoms with E-state index in [2.05, 4.69) is 12.2 Å². The smallest absolute Gasteiger partial charge is 0.255 e. The zero-order chi connectivity index (χ0) is 22.6. The molecule has 1 atom stereocenters. The molecule has 0 radical (unpaired) electrons. The third kappa shape index (κ3) is 7.16. The molecule has 1 amide bonds. The second-order valence-electron chi connectivity index (χ2n) is 8.05. The van der Waals surface area contributed by atoms with E-state index in [9.17, 15) is 4.79 Å². The van der Waals surface area contributed by atoms with Gasteiger partial charge in [0, 0.05) is 6.04 Å². The molecular weight excluding hydrogens is 398 g/mol. The molecule has 0 heterocycles. The van der Waals surface area contributed by atoms with Crippen LogP contribution in [0.3, 0.4) is 0 Å². The minimum absolute atomic E-state index is 0.102. The first kappa shape index (κ1) is 23.4. The molecule has 0 aliphatic carbocycles. The Labute approximate surface area is 191 Å². The van der Waals surface area contributed by atoms with Gasteiger partial charge in [0.05, 0.1) is 5.56 Å². The van der Waals surface area contributed by atoms with E-state index in [1.807, 2.05) is 79.7 Å². The summed E-state index contributed by atoms with van der Waals surface area (Å²) in [7, 11) is 0. The Morgan fingerprint density at radius 3 is 2.06 bits per heavy atom. The van der Waals surface area contributed by atoms with Crippen LogP contribution in [-0.4, -0.2) is 11.9 Å². The summed E-state index contributed by atoms with van der Waals surface area (Å²) in [6, 6.07) is 25.5. The van der Waals surface area contributed by atoms with Gasteiger partial charge in [0.1, 0.15) is 13.2 Å². The number of nitrogens with one attached hydrogen (secondary N) is 1. The van der Waals surface area contributed by atoms with Crippen molar-refractivity contribution in [3.05, 3.63) is 95.6 Å². The number of hydrogen-bond acceptors (Lipinski definition) is 3. The Bertz CT molecular complexity index is 957. The summed E-state index contributed by atoms with van der Waals surface area (Å²) in [5, 5.41) is 3.12. The van der Waals surface area contributed by atoms with Crippen LogP contribution < -0.4 is 14.8 Å². The highest BCUT2D eigenvalue weighted by molar-refractivity contribution is 5.98. The fourth-order valence-electron chi connectivity index (χ4n) is 3.50. The van der Waals surface area contributed by atoms with Crippen molar-refractivity contribution in [2.45, 2.75) is 58.8 Å². The lowest BCUT2D eigenvalue weighted by atomic mass is 10.1. The number of amides is 1. The average molecular weight is 432 g/mol. The molecule has 3 aromatic carbocycles. The molecular formula is C28H33NO3.